The predicted octanol–water partition coefficient (Wildman–Crippen LogP) is 4.47. The zero-order valence-electron chi connectivity index (χ0n) is 17.2. The molecule has 0 atom stereocenters. The van der Waals surface area contributed by atoms with Crippen LogP contribution >= 0.6 is 15.9 Å². The fourth-order valence-electron chi connectivity index (χ4n) is 3.68. The second-order valence-corrected chi connectivity index (χ2v) is 7.72. The first-order chi connectivity index (χ1) is 15.0. The third-order valence-corrected chi connectivity index (χ3v) is 6.02. The maximum Gasteiger partial charge on any atom is 0.255 e. The van der Waals surface area contributed by atoms with Crippen LogP contribution in [0.1, 0.15) is 21.6 Å². The summed E-state index contributed by atoms with van der Waals surface area (Å²) in [6.07, 6.45) is 0.569. The third-order valence-electron chi connectivity index (χ3n) is 5.24. The number of amides is 1. The van der Waals surface area contributed by atoms with Crippen molar-refractivity contribution in [2.75, 3.05) is 27.9 Å². The van der Waals surface area contributed by atoms with Crippen LogP contribution in [0, 0.1) is 5.82 Å². The Kier molecular flexibility index (Phi) is 5.86. The third kappa shape index (κ3) is 3.74. The van der Waals surface area contributed by atoms with E-state index in [-0.39, 0.29) is 11.7 Å². The zero-order valence-corrected chi connectivity index (χ0v) is 18.8. The summed E-state index contributed by atoms with van der Waals surface area (Å²) in [5.74, 6) is 1.25. The van der Waals surface area contributed by atoms with Crippen LogP contribution in [-0.2, 0) is 13.0 Å². The lowest BCUT2D eigenvalue weighted by molar-refractivity contribution is 0.0729. The van der Waals surface area contributed by atoms with Crippen molar-refractivity contribution < 1.29 is 27.9 Å². The molecule has 2 heterocycles. The molecule has 0 saturated heterocycles. The van der Waals surface area contributed by atoms with Gasteiger partial charge in [-0.2, -0.15) is 0 Å². The molecule has 1 aliphatic rings. The quantitative estimate of drug-likeness (QED) is 0.525. The fraction of sp³-hybridized carbons (Fsp3) is 0.273. The van der Waals surface area contributed by atoms with Crippen molar-refractivity contribution in [3.05, 3.63) is 57.4 Å². The van der Waals surface area contributed by atoms with Crippen LogP contribution in [0.15, 0.2) is 39.3 Å². The van der Waals surface area contributed by atoms with Gasteiger partial charge in [-0.1, -0.05) is 5.16 Å². The van der Waals surface area contributed by atoms with Crippen LogP contribution in [0.25, 0.3) is 11.3 Å². The van der Waals surface area contributed by atoms with Crippen LogP contribution in [0.2, 0.25) is 0 Å². The van der Waals surface area contributed by atoms with Gasteiger partial charge in [0.2, 0.25) is 5.75 Å². The molecule has 0 fully saturated rings. The van der Waals surface area contributed by atoms with Crippen molar-refractivity contribution in [1.29, 1.82) is 0 Å². The van der Waals surface area contributed by atoms with E-state index in [1.54, 1.807) is 23.1 Å². The molecule has 0 N–H and O–H groups in total. The van der Waals surface area contributed by atoms with E-state index in [1.165, 1.54) is 33.5 Å². The van der Waals surface area contributed by atoms with Crippen molar-refractivity contribution in [3.8, 4) is 28.6 Å². The highest BCUT2D eigenvalue weighted by Gasteiger charge is 2.31. The SMILES string of the molecule is COc1cc(C(=O)N2CCc3c(noc3-c3ccc(F)cc3)C2)c(Br)c(OC)c1OC. The maximum absolute atomic E-state index is 13.3. The molecule has 31 heavy (non-hydrogen) atoms. The second kappa shape index (κ2) is 8.58. The van der Waals surface area contributed by atoms with Crippen molar-refractivity contribution >= 4 is 21.8 Å². The lowest BCUT2D eigenvalue weighted by Gasteiger charge is -2.27. The summed E-state index contributed by atoms with van der Waals surface area (Å²) in [6, 6.07) is 7.69. The van der Waals surface area contributed by atoms with Gasteiger partial charge in [0.05, 0.1) is 37.9 Å². The van der Waals surface area contributed by atoms with E-state index in [2.05, 4.69) is 21.1 Å². The first kappa shape index (κ1) is 21.2. The van der Waals surface area contributed by atoms with E-state index in [4.69, 9.17) is 18.7 Å². The molecule has 0 radical (unpaired) electrons. The molecule has 4 rings (SSSR count). The van der Waals surface area contributed by atoms with Crippen molar-refractivity contribution in [2.24, 2.45) is 0 Å². The Morgan fingerprint density at radius 2 is 1.84 bits per heavy atom. The lowest BCUT2D eigenvalue weighted by atomic mass is 10.00. The van der Waals surface area contributed by atoms with E-state index in [1.807, 2.05) is 0 Å². The van der Waals surface area contributed by atoms with Gasteiger partial charge in [-0.05, 0) is 52.7 Å². The molecule has 0 bridgehead atoms. The monoisotopic (exact) mass is 490 g/mol. The average molecular weight is 491 g/mol. The number of fused-ring (bicyclic) bond motifs is 1. The molecular formula is C22H20BrFN2O5. The number of nitrogens with zero attached hydrogens (tertiary/aromatic N) is 2. The van der Waals surface area contributed by atoms with E-state index >= 15 is 0 Å². The van der Waals surface area contributed by atoms with Gasteiger partial charge in [-0.15, -0.1) is 0 Å². The van der Waals surface area contributed by atoms with Crippen LogP contribution in [0.3, 0.4) is 0 Å². The highest BCUT2D eigenvalue weighted by atomic mass is 79.9. The Morgan fingerprint density at radius 1 is 1.13 bits per heavy atom. The number of halogens is 2. The number of carbonyl (C=O) groups excluding carboxylic acids is 1. The lowest BCUT2D eigenvalue weighted by Crippen LogP contribution is -2.36. The molecular weight excluding hydrogens is 471 g/mol. The van der Waals surface area contributed by atoms with Gasteiger partial charge in [0.1, 0.15) is 11.5 Å². The minimum atomic E-state index is -0.315. The molecule has 1 aromatic heterocycles. The second-order valence-electron chi connectivity index (χ2n) is 6.93. The van der Waals surface area contributed by atoms with E-state index in [9.17, 15) is 9.18 Å². The van der Waals surface area contributed by atoms with E-state index in [0.717, 1.165) is 11.1 Å². The van der Waals surface area contributed by atoms with Crippen LogP contribution in [0.5, 0.6) is 17.2 Å². The standard InChI is InChI=1S/C22H20BrFN2O5/c1-28-17-10-15(18(23)21(30-3)20(17)29-2)22(27)26-9-8-14-16(11-26)25-31-19(14)12-4-6-13(24)7-5-12/h4-7,10H,8-9,11H2,1-3H3. The number of hydrogen-bond donors (Lipinski definition) is 0. The summed E-state index contributed by atoms with van der Waals surface area (Å²) < 4.78 is 35.4. The summed E-state index contributed by atoms with van der Waals surface area (Å²) in [5.41, 5.74) is 2.75. The summed E-state index contributed by atoms with van der Waals surface area (Å²) in [4.78, 5) is 15.0. The molecule has 7 nitrogen and oxygen atoms in total. The first-order valence-electron chi connectivity index (χ1n) is 9.49. The fourth-order valence-corrected chi connectivity index (χ4v) is 4.31. The average Bonchev–Trinajstić information content (AvgIpc) is 3.22. The molecule has 162 valence electrons. The van der Waals surface area contributed by atoms with E-state index < -0.39 is 0 Å². The summed E-state index contributed by atoms with van der Waals surface area (Å²) >= 11 is 3.46. The molecule has 0 saturated carbocycles. The van der Waals surface area contributed by atoms with Gasteiger partial charge in [-0.3, -0.25) is 4.79 Å². The summed E-state index contributed by atoms with van der Waals surface area (Å²) in [7, 11) is 4.50. The van der Waals surface area contributed by atoms with Gasteiger partial charge in [0, 0.05) is 17.7 Å². The van der Waals surface area contributed by atoms with Crippen molar-refractivity contribution in [3.63, 3.8) is 0 Å². The van der Waals surface area contributed by atoms with Crippen LogP contribution in [0.4, 0.5) is 4.39 Å². The smallest absolute Gasteiger partial charge is 0.255 e. The number of rotatable bonds is 5. The molecule has 2 aromatic carbocycles. The molecule has 0 unspecified atom stereocenters. The number of ether oxygens (including phenoxy) is 3. The highest BCUT2D eigenvalue weighted by molar-refractivity contribution is 9.10. The summed E-state index contributed by atoms with van der Waals surface area (Å²) in [5, 5.41) is 4.16. The van der Waals surface area contributed by atoms with Gasteiger partial charge in [-0.25, -0.2) is 4.39 Å². The Morgan fingerprint density at radius 3 is 2.48 bits per heavy atom. The molecule has 1 aliphatic heterocycles. The van der Waals surface area contributed by atoms with E-state index in [0.29, 0.717) is 58.2 Å². The zero-order chi connectivity index (χ0) is 22.1. The maximum atomic E-state index is 13.3. The Labute approximate surface area is 186 Å². The summed E-state index contributed by atoms with van der Waals surface area (Å²) in [6.45, 7) is 0.770. The highest BCUT2D eigenvalue weighted by Crippen LogP contribution is 2.45. The Bertz CT molecular complexity index is 1130. The normalized spacial score (nSPS) is 13.0. The first-order valence-corrected chi connectivity index (χ1v) is 10.3. The van der Waals surface area contributed by atoms with Gasteiger partial charge < -0.3 is 23.6 Å². The minimum Gasteiger partial charge on any atom is -0.493 e. The van der Waals surface area contributed by atoms with Crippen molar-refractivity contribution in [2.45, 2.75) is 13.0 Å². The van der Waals surface area contributed by atoms with Crippen LogP contribution in [-0.4, -0.2) is 43.8 Å². The molecule has 0 spiro atoms. The molecule has 9 heteroatoms. The number of carbonyl (C=O) groups is 1. The number of benzene rings is 2. The molecule has 3 aromatic rings. The number of hydrogen-bond acceptors (Lipinski definition) is 6. The topological polar surface area (TPSA) is 74.0 Å². The van der Waals surface area contributed by atoms with Gasteiger partial charge >= 0.3 is 0 Å². The molecule has 1 amide bonds. The van der Waals surface area contributed by atoms with Gasteiger partial charge in [0.25, 0.3) is 5.91 Å². The molecule has 0 aliphatic carbocycles. The van der Waals surface area contributed by atoms with Crippen LogP contribution < -0.4 is 14.2 Å². The Hall–Kier alpha value is -3.07. The Balaban J connectivity index is 1.64. The predicted molar refractivity (Wildman–Crippen MR) is 114 cm³/mol. The number of aromatic nitrogens is 1. The van der Waals surface area contributed by atoms with Crippen molar-refractivity contribution in [1.82, 2.24) is 10.1 Å². The largest absolute Gasteiger partial charge is 0.493 e. The van der Waals surface area contributed by atoms with Gasteiger partial charge in [0.15, 0.2) is 17.3 Å². The number of methoxy groups -OCH3 is 3. The minimum absolute atomic E-state index is 0.205.